The van der Waals surface area contributed by atoms with E-state index in [1.165, 1.54) is 38.8 Å². The highest BCUT2D eigenvalue weighted by Crippen LogP contribution is 2.48. The van der Waals surface area contributed by atoms with Crippen LogP contribution in [0.2, 0.25) is 0 Å². The number of hydrogen-bond acceptors (Lipinski definition) is 8. The Kier molecular flexibility index (Phi) is 6.04. The molecule has 3 aromatic heterocycles. The van der Waals surface area contributed by atoms with Crippen molar-refractivity contribution in [3.05, 3.63) is 70.3 Å². The minimum Gasteiger partial charge on any atom is -0.291 e. The fourth-order valence-electron chi connectivity index (χ4n) is 5.60. The molecule has 4 heterocycles. The van der Waals surface area contributed by atoms with Crippen molar-refractivity contribution in [2.24, 2.45) is 11.3 Å². The minimum absolute atomic E-state index is 0.0219. The van der Waals surface area contributed by atoms with E-state index in [0.29, 0.717) is 24.3 Å². The lowest BCUT2D eigenvalue weighted by Crippen LogP contribution is -2.57. The number of piperidine rings is 1. The number of sulfonamides is 1. The third-order valence-electron chi connectivity index (χ3n) is 7.57. The number of aromatic nitrogens is 6. The summed E-state index contributed by atoms with van der Waals surface area (Å²) in [7, 11) is -3.97. The van der Waals surface area contributed by atoms with E-state index < -0.39 is 15.4 Å². The molecule has 2 aliphatic rings. The van der Waals surface area contributed by atoms with Crippen molar-refractivity contribution in [2.75, 3.05) is 13.1 Å². The Morgan fingerprint density at radius 1 is 1.18 bits per heavy atom. The highest BCUT2D eigenvalue weighted by molar-refractivity contribution is 7.89. The zero-order valence-electron chi connectivity index (χ0n) is 20.9. The summed E-state index contributed by atoms with van der Waals surface area (Å²) in [6, 6.07) is 6.04. The van der Waals surface area contributed by atoms with Crippen LogP contribution in [0.15, 0.2) is 53.3 Å². The van der Waals surface area contributed by atoms with Crippen molar-refractivity contribution in [1.29, 1.82) is 0 Å². The number of carbonyl (C=O) groups excluding carboxylic acids is 1. The molecule has 1 aromatic carbocycles. The molecule has 10 nitrogen and oxygen atoms in total. The molecule has 198 valence electrons. The van der Waals surface area contributed by atoms with Crippen LogP contribution >= 0.6 is 11.3 Å². The van der Waals surface area contributed by atoms with E-state index in [4.69, 9.17) is 0 Å². The first-order valence-corrected chi connectivity index (χ1v) is 14.7. The lowest BCUT2D eigenvalue weighted by atomic mass is 9.61. The fraction of sp³-hybridized carbons (Fsp3) is 0.400. The summed E-state index contributed by atoms with van der Waals surface area (Å²) in [4.78, 5) is 19.7. The molecule has 0 saturated carbocycles. The second-order valence-corrected chi connectivity index (χ2v) is 12.9. The molecule has 13 heteroatoms. The average molecular weight is 556 g/mol. The summed E-state index contributed by atoms with van der Waals surface area (Å²) in [6.45, 7) is 4.02. The van der Waals surface area contributed by atoms with Crippen molar-refractivity contribution in [2.45, 2.75) is 44.2 Å². The fourth-order valence-corrected chi connectivity index (χ4v) is 7.66. The molecule has 1 aliphatic heterocycles. The predicted molar refractivity (Wildman–Crippen MR) is 137 cm³/mol. The van der Waals surface area contributed by atoms with Crippen molar-refractivity contribution in [1.82, 2.24) is 34.1 Å². The van der Waals surface area contributed by atoms with Crippen LogP contribution in [0.5, 0.6) is 0 Å². The van der Waals surface area contributed by atoms with Gasteiger partial charge in [0.25, 0.3) is 10.0 Å². The molecule has 0 radical (unpaired) electrons. The Morgan fingerprint density at radius 3 is 2.66 bits per heavy atom. The van der Waals surface area contributed by atoms with Crippen LogP contribution in [-0.4, -0.2) is 61.4 Å². The van der Waals surface area contributed by atoms with Gasteiger partial charge in [0.05, 0.1) is 29.5 Å². The van der Waals surface area contributed by atoms with Crippen LogP contribution < -0.4 is 0 Å². The Balaban J connectivity index is 1.40. The Bertz CT molecular complexity index is 1600. The van der Waals surface area contributed by atoms with Gasteiger partial charge in [-0.05, 0) is 68.9 Å². The van der Waals surface area contributed by atoms with Gasteiger partial charge in [-0.1, -0.05) is 0 Å². The van der Waals surface area contributed by atoms with Gasteiger partial charge in [0.1, 0.15) is 5.82 Å². The van der Waals surface area contributed by atoms with Gasteiger partial charge in [0.2, 0.25) is 5.03 Å². The zero-order chi connectivity index (χ0) is 26.7. The number of thiazole rings is 1. The number of fused-ring (bicyclic) bond motifs is 2. The quantitative estimate of drug-likeness (QED) is 0.335. The summed E-state index contributed by atoms with van der Waals surface area (Å²) in [6.07, 6.45) is 5.95. The zero-order valence-corrected chi connectivity index (χ0v) is 22.5. The molecule has 4 aromatic rings. The summed E-state index contributed by atoms with van der Waals surface area (Å²) in [5.74, 6) is -0.603. The highest BCUT2D eigenvalue weighted by Gasteiger charge is 2.55. The van der Waals surface area contributed by atoms with E-state index in [2.05, 4.69) is 20.3 Å². The van der Waals surface area contributed by atoms with Crippen molar-refractivity contribution in [3.8, 4) is 5.69 Å². The van der Waals surface area contributed by atoms with Crippen LogP contribution in [0, 0.1) is 17.2 Å². The van der Waals surface area contributed by atoms with E-state index in [1.54, 1.807) is 34.6 Å². The smallest absolute Gasteiger partial charge is 0.264 e. The number of carbonyl (C=O) groups is 1. The molecule has 6 rings (SSSR count). The summed E-state index contributed by atoms with van der Waals surface area (Å²) in [5, 5.41) is 14.9. The molecule has 2 atom stereocenters. The highest BCUT2D eigenvalue weighted by atomic mass is 32.2. The van der Waals surface area contributed by atoms with E-state index >= 15 is 0 Å². The Labute approximate surface area is 223 Å². The van der Waals surface area contributed by atoms with E-state index in [0.717, 1.165) is 16.9 Å². The normalized spacial score (nSPS) is 21.8. The van der Waals surface area contributed by atoms with Crippen LogP contribution in [-0.2, 0) is 22.9 Å². The Hall–Kier alpha value is -3.29. The average Bonchev–Trinajstić information content (AvgIpc) is 3.68. The molecule has 0 N–H and O–H groups in total. The molecule has 0 spiro atoms. The van der Waals surface area contributed by atoms with Crippen LogP contribution in [0.3, 0.4) is 0 Å². The largest absolute Gasteiger partial charge is 0.291 e. The molecule has 1 aliphatic carbocycles. The number of nitrogens with zero attached hydrogens (tertiary/aromatic N) is 7. The number of hydrogen-bond donors (Lipinski definition) is 0. The van der Waals surface area contributed by atoms with E-state index in [9.17, 15) is 17.6 Å². The Morgan fingerprint density at radius 2 is 1.97 bits per heavy atom. The van der Waals surface area contributed by atoms with Crippen molar-refractivity contribution in [3.63, 3.8) is 0 Å². The molecule has 38 heavy (non-hydrogen) atoms. The van der Waals surface area contributed by atoms with Crippen molar-refractivity contribution < 1.29 is 17.6 Å². The number of rotatable bonds is 6. The lowest BCUT2D eigenvalue weighted by molar-refractivity contribution is 0.0399. The third kappa shape index (κ3) is 4.00. The van der Waals surface area contributed by atoms with Gasteiger partial charge in [0.15, 0.2) is 10.8 Å². The topological polar surface area (TPSA) is 116 Å². The molecule has 1 fully saturated rings. The first kappa shape index (κ1) is 25.0. The molecule has 0 bridgehead atoms. The van der Waals surface area contributed by atoms with Gasteiger partial charge in [-0.15, -0.1) is 16.4 Å². The summed E-state index contributed by atoms with van der Waals surface area (Å²) in [5.41, 5.74) is 1.57. The SMILES string of the molecule is CC(C)n1ncc(S(=O)(=O)N2CCC3Cc4c(cnn4-c4ccc(F)cc4)CC3(C(=O)c3nccs3)C2)n1. The monoisotopic (exact) mass is 555 g/mol. The van der Waals surface area contributed by atoms with Crippen LogP contribution in [0.4, 0.5) is 4.39 Å². The van der Waals surface area contributed by atoms with Gasteiger partial charge in [-0.3, -0.25) is 4.79 Å². The van der Waals surface area contributed by atoms with Crippen LogP contribution in [0.1, 0.15) is 47.4 Å². The van der Waals surface area contributed by atoms with Gasteiger partial charge >= 0.3 is 0 Å². The number of ketones is 1. The predicted octanol–water partition coefficient (Wildman–Crippen LogP) is 3.32. The second-order valence-electron chi connectivity index (χ2n) is 10.1. The maximum Gasteiger partial charge on any atom is 0.264 e. The van der Waals surface area contributed by atoms with Gasteiger partial charge in [-0.25, -0.2) is 22.5 Å². The van der Waals surface area contributed by atoms with Gasteiger partial charge in [-0.2, -0.15) is 19.3 Å². The first-order chi connectivity index (χ1) is 18.2. The van der Waals surface area contributed by atoms with E-state index in [-0.39, 0.29) is 41.7 Å². The maximum atomic E-state index is 14.1. The van der Waals surface area contributed by atoms with E-state index in [1.807, 2.05) is 13.8 Å². The third-order valence-corrected chi connectivity index (χ3v) is 10.1. The summed E-state index contributed by atoms with van der Waals surface area (Å²) >= 11 is 1.26. The van der Waals surface area contributed by atoms with Gasteiger partial charge in [0, 0.05) is 30.4 Å². The van der Waals surface area contributed by atoms with Crippen LogP contribution in [0.25, 0.3) is 5.69 Å². The molecule has 1 saturated heterocycles. The van der Waals surface area contributed by atoms with Gasteiger partial charge < -0.3 is 0 Å². The molecule has 2 unspecified atom stereocenters. The number of Topliss-reactive ketones (excluding diaryl/α,β-unsaturated/α-hetero) is 1. The standard InChI is InChI=1S/C25H26FN7O3S2/c1-16(2)33-29-14-22(30-33)38(35,36)31-9-7-18-11-21-17(13-28-32(21)20-5-3-19(26)4-6-20)12-25(18,15-31)23(34)24-27-8-10-37-24/h3-6,8,10,13-14,16,18H,7,9,11-12,15H2,1-2H3. The lowest BCUT2D eigenvalue weighted by Gasteiger charge is -2.48. The molecular weight excluding hydrogens is 529 g/mol. The molecule has 0 amide bonds. The minimum atomic E-state index is -3.97. The maximum absolute atomic E-state index is 14.1. The second kappa shape index (κ2) is 9.17. The molecular formula is C25H26FN7O3S2. The summed E-state index contributed by atoms with van der Waals surface area (Å²) < 4.78 is 44.0. The number of benzene rings is 1. The number of halogens is 1. The van der Waals surface area contributed by atoms with Crippen molar-refractivity contribution >= 4 is 27.1 Å². The first-order valence-electron chi connectivity index (χ1n) is 12.4.